The number of ketones is 1. The van der Waals surface area contributed by atoms with Crippen LogP contribution >= 0.6 is 31.9 Å². The molecular formula is C16H27Br2NO. The minimum absolute atomic E-state index is 0.0995. The van der Waals surface area contributed by atoms with Crippen LogP contribution in [0.25, 0.3) is 0 Å². The Bertz CT molecular complexity index is 382. The lowest BCUT2D eigenvalue weighted by molar-refractivity contribution is -0.120. The number of halogens is 2. The minimum Gasteiger partial charge on any atom is -0.397 e. The van der Waals surface area contributed by atoms with Gasteiger partial charge in [0.25, 0.3) is 0 Å². The van der Waals surface area contributed by atoms with Crippen LogP contribution in [-0.4, -0.2) is 5.78 Å². The van der Waals surface area contributed by atoms with Crippen molar-refractivity contribution in [1.29, 1.82) is 0 Å². The predicted molar refractivity (Wildman–Crippen MR) is 97.1 cm³/mol. The molecule has 1 aromatic rings. The molecule has 2 nitrogen and oxygen atoms in total. The molecule has 0 fully saturated rings. The second kappa shape index (κ2) is 12.4. The molecule has 20 heavy (non-hydrogen) atoms. The number of hydrogen-bond acceptors (Lipinski definition) is 2. The highest BCUT2D eigenvalue weighted by Crippen LogP contribution is 2.30. The van der Waals surface area contributed by atoms with Crippen LogP contribution in [0, 0.1) is 5.92 Å². The SMILES string of the molecule is CC.CC.CCC(Cc1cc(Br)c(N)c(Br)c1)C(C)=O. The second-order valence-electron chi connectivity index (χ2n) is 3.89. The van der Waals surface area contributed by atoms with Crippen molar-refractivity contribution in [3.05, 3.63) is 26.6 Å². The van der Waals surface area contributed by atoms with E-state index in [1.54, 1.807) is 6.92 Å². The summed E-state index contributed by atoms with van der Waals surface area (Å²) in [6.45, 7) is 11.7. The molecule has 1 rings (SSSR count). The van der Waals surface area contributed by atoms with E-state index in [-0.39, 0.29) is 11.7 Å². The summed E-state index contributed by atoms with van der Waals surface area (Å²) in [6.07, 6.45) is 1.64. The smallest absolute Gasteiger partial charge is 0.133 e. The van der Waals surface area contributed by atoms with Gasteiger partial charge in [-0.3, -0.25) is 4.79 Å². The van der Waals surface area contributed by atoms with Crippen LogP contribution in [0.4, 0.5) is 5.69 Å². The first kappa shape index (κ1) is 21.9. The van der Waals surface area contributed by atoms with Crippen LogP contribution in [0.3, 0.4) is 0 Å². The lowest BCUT2D eigenvalue weighted by atomic mass is 9.93. The topological polar surface area (TPSA) is 43.1 Å². The van der Waals surface area contributed by atoms with Gasteiger partial charge < -0.3 is 5.73 Å². The fourth-order valence-corrected chi connectivity index (χ4v) is 2.90. The van der Waals surface area contributed by atoms with Gasteiger partial charge in [0.1, 0.15) is 5.78 Å². The zero-order valence-electron chi connectivity index (χ0n) is 13.4. The van der Waals surface area contributed by atoms with Gasteiger partial charge in [0.2, 0.25) is 0 Å². The molecule has 4 heteroatoms. The number of hydrogen-bond donors (Lipinski definition) is 1. The highest BCUT2D eigenvalue weighted by Gasteiger charge is 2.14. The summed E-state index contributed by atoms with van der Waals surface area (Å²) in [5, 5.41) is 0. The summed E-state index contributed by atoms with van der Waals surface area (Å²) in [6, 6.07) is 3.96. The summed E-state index contributed by atoms with van der Waals surface area (Å²) >= 11 is 6.81. The third-order valence-corrected chi connectivity index (χ3v) is 4.00. The molecule has 116 valence electrons. The second-order valence-corrected chi connectivity index (χ2v) is 5.60. The van der Waals surface area contributed by atoms with Crippen molar-refractivity contribution in [3.63, 3.8) is 0 Å². The van der Waals surface area contributed by atoms with Crippen molar-refractivity contribution in [2.75, 3.05) is 5.73 Å². The van der Waals surface area contributed by atoms with Crippen LogP contribution < -0.4 is 5.73 Å². The first-order valence-electron chi connectivity index (χ1n) is 7.19. The van der Waals surface area contributed by atoms with Crippen molar-refractivity contribution in [2.24, 2.45) is 5.92 Å². The van der Waals surface area contributed by atoms with Gasteiger partial charge in [0.15, 0.2) is 0 Å². The molecule has 1 atom stereocenters. The van der Waals surface area contributed by atoms with Gasteiger partial charge >= 0.3 is 0 Å². The van der Waals surface area contributed by atoms with Crippen molar-refractivity contribution in [3.8, 4) is 0 Å². The molecule has 1 unspecified atom stereocenters. The van der Waals surface area contributed by atoms with E-state index < -0.39 is 0 Å². The maximum Gasteiger partial charge on any atom is 0.133 e. The number of benzene rings is 1. The van der Waals surface area contributed by atoms with Crippen molar-refractivity contribution < 1.29 is 4.79 Å². The molecule has 0 bridgehead atoms. The standard InChI is InChI=1S/C12H15Br2NO.2C2H6/c1-3-9(7(2)16)4-8-5-10(13)12(15)11(14)6-8;2*1-2/h5-6,9H,3-4,15H2,1-2H3;2*1-2H3. The summed E-state index contributed by atoms with van der Waals surface area (Å²) in [4.78, 5) is 11.4. The summed E-state index contributed by atoms with van der Waals surface area (Å²) in [5.41, 5.74) is 7.63. The molecule has 0 aromatic heterocycles. The quantitative estimate of drug-likeness (QED) is 0.620. The maximum atomic E-state index is 11.4. The number of nitrogens with two attached hydrogens (primary N) is 1. The Morgan fingerprint density at radius 2 is 1.55 bits per heavy atom. The molecule has 0 aliphatic rings. The fraction of sp³-hybridized carbons (Fsp3) is 0.562. The largest absolute Gasteiger partial charge is 0.397 e. The number of Topliss-reactive ketones (excluding diaryl/α,β-unsaturated/α-hetero) is 1. The third-order valence-electron chi connectivity index (χ3n) is 2.69. The van der Waals surface area contributed by atoms with E-state index >= 15 is 0 Å². The minimum atomic E-state index is 0.0995. The van der Waals surface area contributed by atoms with Gasteiger partial charge in [-0.15, -0.1) is 0 Å². The molecule has 0 heterocycles. The lowest BCUT2D eigenvalue weighted by Gasteiger charge is -2.12. The van der Waals surface area contributed by atoms with E-state index in [0.717, 1.165) is 27.4 Å². The maximum absolute atomic E-state index is 11.4. The molecule has 0 aliphatic carbocycles. The number of anilines is 1. The van der Waals surface area contributed by atoms with Gasteiger partial charge in [0, 0.05) is 14.9 Å². The molecule has 0 radical (unpaired) electrons. The number of carbonyl (C=O) groups excluding carboxylic acids is 1. The van der Waals surface area contributed by atoms with Crippen LogP contribution in [0.15, 0.2) is 21.1 Å². The third kappa shape index (κ3) is 7.44. The summed E-state index contributed by atoms with van der Waals surface area (Å²) in [7, 11) is 0. The Balaban J connectivity index is 0. The van der Waals surface area contributed by atoms with Gasteiger partial charge in [-0.05, 0) is 69.3 Å². The Morgan fingerprint density at radius 3 is 1.85 bits per heavy atom. The van der Waals surface area contributed by atoms with E-state index in [4.69, 9.17) is 5.73 Å². The number of carbonyl (C=O) groups is 1. The van der Waals surface area contributed by atoms with E-state index in [1.165, 1.54) is 0 Å². The summed E-state index contributed by atoms with van der Waals surface area (Å²) < 4.78 is 1.74. The molecular weight excluding hydrogens is 382 g/mol. The van der Waals surface area contributed by atoms with E-state index in [1.807, 2.05) is 46.8 Å². The molecule has 0 saturated carbocycles. The van der Waals surface area contributed by atoms with Crippen molar-refractivity contribution in [2.45, 2.75) is 54.4 Å². The van der Waals surface area contributed by atoms with Gasteiger partial charge in [-0.2, -0.15) is 0 Å². The zero-order valence-corrected chi connectivity index (χ0v) is 16.6. The van der Waals surface area contributed by atoms with E-state index in [2.05, 4.69) is 31.9 Å². The Labute approximate surface area is 140 Å². The molecule has 0 aliphatic heterocycles. The fourth-order valence-electron chi connectivity index (χ4n) is 1.61. The normalized spacial score (nSPS) is 10.6. The highest BCUT2D eigenvalue weighted by atomic mass is 79.9. The Morgan fingerprint density at radius 1 is 1.15 bits per heavy atom. The first-order chi connectivity index (χ1) is 9.45. The first-order valence-corrected chi connectivity index (χ1v) is 8.78. The molecule has 1 aromatic carbocycles. The number of rotatable bonds is 4. The van der Waals surface area contributed by atoms with Gasteiger partial charge in [0.05, 0.1) is 5.69 Å². The molecule has 0 spiro atoms. The van der Waals surface area contributed by atoms with E-state index in [9.17, 15) is 4.79 Å². The van der Waals surface area contributed by atoms with Crippen molar-refractivity contribution in [1.82, 2.24) is 0 Å². The Kier molecular flexibility index (Phi) is 13.6. The van der Waals surface area contributed by atoms with Gasteiger partial charge in [-0.25, -0.2) is 0 Å². The summed E-state index contributed by atoms with van der Waals surface area (Å²) in [5.74, 6) is 0.342. The van der Waals surface area contributed by atoms with E-state index in [0.29, 0.717) is 5.69 Å². The van der Waals surface area contributed by atoms with Crippen LogP contribution in [0.1, 0.15) is 53.5 Å². The van der Waals surface area contributed by atoms with Crippen LogP contribution in [0.2, 0.25) is 0 Å². The predicted octanol–water partition coefficient (Wildman–Crippen LogP) is 6.00. The lowest BCUT2D eigenvalue weighted by Crippen LogP contribution is -2.12. The number of nitrogen functional groups attached to an aromatic ring is 1. The monoisotopic (exact) mass is 407 g/mol. The van der Waals surface area contributed by atoms with Crippen molar-refractivity contribution >= 4 is 43.3 Å². The van der Waals surface area contributed by atoms with Crippen LogP contribution in [-0.2, 0) is 11.2 Å². The van der Waals surface area contributed by atoms with Gasteiger partial charge in [-0.1, -0.05) is 34.6 Å². The average Bonchev–Trinajstić information content (AvgIpc) is 2.46. The molecule has 0 saturated heterocycles. The molecule has 0 amide bonds. The van der Waals surface area contributed by atoms with Crippen LogP contribution in [0.5, 0.6) is 0 Å². The Hall–Kier alpha value is -0.350. The zero-order chi connectivity index (χ0) is 16.3. The highest BCUT2D eigenvalue weighted by molar-refractivity contribution is 9.11. The molecule has 2 N–H and O–H groups in total. The average molecular weight is 409 g/mol.